The second-order valence-electron chi connectivity index (χ2n) is 7.63. The third kappa shape index (κ3) is 5.24. The first-order chi connectivity index (χ1) is 13.9. The van der Waals surface area contributed by atoms with Crippen molar-refractivity contribution in [3.8, 4) is 5.75 Å². The summed E-state index contributed by atoms with van der Waals surface area (Å²) in [5.41, 5.74) is 1.39. The highest BCUT2D eigenvalue weighted by atomic mass is 35.5. The van der Waals surface area contributed by atoms with Crippen molar-refractivity contribution in [3.63, 3.8) is 0 Å². The summed E-state index contributed by atoms with van der Waals surface area (Å²) in [4.78, 5) is 6.42. The second-order valence-corrected chi connectivity index (χ2v) is 7.63. The lowest BCUT2D eigenvalue weighted by atomic mass is 10.0. The third-order valence-corrected chi connectivity index (χ3v) is 5.45. The highest BCUT2D eigenvalue weighted by Crippen LogP contribution is 2.30. The van der Waals surface area contributed by atoms with Gasteiger partial charge in [0.1, 0.15) is 11.9 Å². The Bertz CT molecular complexity index is 984. The Balaban J connectivity index is 0.00000256. The fraction of sp³-hybridized carbons (Fsp3) is 0.348. The van der Waals surface area contributed by atoms with Crippen LogP contribution in [-0.4, -0.2) is 29.1 Å². The topological polar surface area (TPSA) is 25.4 Å². The van der Waals surface area contributed by atoms with Crippen LogP contribution >= 0.6 is 12.4 Å². The van der Waals surface area contributed by atoms with Gasteiger partial charge in [-0.05, 0) is 66.6 Å². The van der Waals surface area contributed by atoms with Crippen molar-refractivity contribution >= 4 is 23.2 Å². The van der Waals surface area contributed by atoms with Gasteiger partial charge in [-0.25, -0.2) is 0 Å². The Kier molecular flexibility index (Phi) is 6.88. The Morgan fingerprint density at radius 1 is 1.03 bits per heavy atom. The fourth-order valence-corrected chi connectivity index (χ4v) is 3.78. The second kappa shape index (κ2) is 9.23. The van der Waals surface area contributed by atoms with E-state index in [1.807, 2.05) is 19.2 Å². The number of hydrogen-bond donors (Lipinski definition) is 0. The predicted octanol–water partition coefficient (Wildman–Crippen LogP) is 6.03. The van der Waals surface area contributed by atoms with Gasteiger partial charge in [-0.2, -0.15) is 13.2 Å². The molecule has 0 unspecified atom stereocenters. The first-order valence-electron chi connectivity index (χ1n) is 9.78. The maximum Gasteiger partial charge on any atom is 0.416 e. The van der Waals surface area contributed by atoms with Crippen LogP contribution in [-0.2, 0) is 12.7 Å². The van der Waals surface area contributed by atoms with E-state index in [0.29, 0.717) is 6.54 Å². The minimum Gasteiger partial charge on any atom is -0.490 e. The van der Waals surface area contributed by atoms with Gasteiger partial charge < -0.3 is 4.74 Å². The van der Waals surface area contributed by atoms with Gasteiger partial charge in [0.25, 0.3) is 0 Å². The van der Waals surface area contributed by atoms with Crippen LogP contribution in [0.2, 0.25) is 0 Å². The van der Waals surface area contributed by atoms with Crippen molar-refractivity contribution in [2.75, 3.05) is 13.1 Å². The Morgan fingerprint density at radius 3 is 2.40 bits per heavy atom. The number of halogens is 4. The molecule has 160 valence electrons. The molecule has 30 heavy (non-hydrogen) atoms. The van der Waals surface area contributed by atoms with E-state index in [1.54, 1.807) is 18.3 Å². The maximum atomic E-state index is 12.7. The van der Waals surface area contributed by atoms with Gasteiger partial charge in [0.05, 0.1) is 5.56 Å². The molecule has 1 saturated heterocycles. The smallest absolute Gasteiger partial charge is 0.416 e. The Hall–Kier alpha value is -2.31. The molecule has 0 spiro atoms. The number of benzene rings is 2. The summed E-state index contributed by atoms with van der Waals surface area (Å²) in [6.45, 7) is 4.43. The van der Waals surface area contributed by atoms with Gasteiger partial charge in [-0.3, -0.25) is 9.88 Å². The molecule has 0 saturated carbocycles. The minimum atomic E-state index is -4.29. The van der Waals surface area contributed by atoms with Crippen LogP contribution in [0, 0.1) is 6.92 Å². The predicted molar refractivity (Wildman–Crippen MR) is 114 cm³/mol. The van der Waals surface area contributed by atoms with Crippen molar-refractivity contribution < 1.29 is 17.9 Å². The van der Waals surface area contributed by atoms with Gasteiger partial charge in [-0.1, -0.05) is 12.1 Å². The van der Waals surface area contributed by atoms with E-state index in [-0.39, 0.29) is 18.5 Å². The standard InChI is InChI=1S/C23H23F3N2O.ClH/c1-16-12-19-14-27-9-6-18(19)13-22(16)29-21-7-10-28(11-8-21)15-17-2-4-20(5-3-17)23(24,25)26;/h2-6,9,12-14,21H,7-8,10-11,15H2,1H3;1H. The fourth-order valence-electron chi connectivity index (χ4n) is 3.78. The Labute approximate surface area is 180 Å². The number of alkyl halides is 3. The molecule has 0 bridgehead atoms. The summed E-state index contributed by atoms with van der Waals surface area (Å²) >= 11 is 0. The number of piperidine rings is 1. The van der Waals surface area contributed by atoms with E-state index in [4.69, 9.17) is 4.74 Å². The summed E-state index contributed by atoms with van der Waals surface area (Å²) in [6.07, 6.45) is 1.29. The van der Waals surface area contributed by atoms with E-state index in [2.05, 4.69) is 22.0 Å². The van der Waals surface area contributed by atoms with Crippen LogP contribution < -0.4 is 4.74 Å². The number of pyridine rings is 1. The first kappa shape index (κ1) is 22.4. The molecule has 0 N–H and O–H groups in total. The summed E-state index contributed by atoms with van der Waals surface area (Å²) < 4.78 is 44.3. The molecular formula is C23H24ClF3N2O. The average molecular weight is 437 g/mol. The zero-order valence-corrected chi connectivity index (χ0v) is 17.5. The van der Waals surface area contributed by atoms with Crippen molar-refractivity contribution in [2.45, 2.75) is 38.6 Å². The monoisotopic (exact) mass is 436 g/mol. The van der Waals surface area contributed by atoms with Crippen LogP contribution in [0.25, 0.3) is 10.8 Å². The van der Waals surface area contributed by atoms with Gasteiger partial charge in [0.15, 0.2) is 0 Å². The van der Waals surface area contributed by atoms with Crippen LogP contribution in [0.5, 0.6) is 5.75 Å². The van der Waals surface area contributed by atoms with Crippen molar-refractivity contribution in [3.05, 3.63) is 71.5 Å². The minimum absolute atomic E-state index is 0. The summed E-state index contributed by atoms with van der Waals surface area (Å²) in [7, 11) is 0. The van der Waals surface area contributed by atoms with Crippen LogP contribution in [0.3, 0.4) is 0 Å². The lowest BCUT2D eigenvalue weighted by Gasteiger charge is -2.32. The molecule has 0 radical (unpaired) electrons. The molecule has 0 amide bonds. The molecule has 7 heteroatoms. The third-order valence-electron chi connectivity index (χ3n) is 5.45. The molecular weight excluding hydrogens is 413 g/mol. The van der Waals surface area contributed by atoms with Crippen LogP contribution in [0.4, 0.5) is 13.2 Å². The summed E-state index contributed by atoms with van der Waals surface area (Å²) in [5.74, 6) is 0.907. The number of fused-ring (bicyclic) bond motifs is 1. The molecule has 1 fully saturated rings. The lowest BCUT2D eigenvalue weighted by Crippen LogP contribution is -2.37. The van der Waals surface area contributed by atoms with E-state index >= 15 is 0 Å². The van der Waals surface area contributed by atoms with E-state index in [0.717, 1.165) is 65.7 Å². The van der Waals surface area contributed by atoms with Crippen LogP contribution in [0.15, 0.2) is 54.9 Å². The van der Waals surface area contributed by atoms with E-state index in [9.17, 15) is 13.2 Å². The number of likely N-dealkylation sites (tertiary alicyclic amines) is 1. The SMILES string of the molecule is Cc1cc2cnccc2cc1OC1CCN(Cc2ccc(C(F)(F)F)cc2)CC1.Cl. The maximum absolute atomic E-state index is 12.7. The molecule has 3 nitrogen and oxygen atoms in total. The van der Waals surface area contributed by atoms with Gasteiger partial charge in [0, 0.05) is 37.4 Å². The molecule has 0 atom stereocenters. The molecule has 1 aliphatic heterocycles. The Morgan fingerprint density at radius 2 is 1.73 bits per heavy atom. The van der Waals surface area contributed by atoms with Crippen molar-refractivity contribution in [2.24, 2.45) is 0 Å². The summed E-state index contributed by atoms with van der Waals surface area (Å²) in [5, 5.41) is 2.21. The zero-order valence-electron chi connectivity index (χ0n) is 16.7. The highest BCUT2D eigenvalue weighted by molar-refractivity contribution is 5.85. The van der Waals surface area contributed by atoms with E-state index in [1.165, 1.54) is 0 Å². The molecule has 2 heterocycles. The molecule has 1 aliphatic rings. The van der Waals surface area contributed by atoms with Crippen molar-refractivity contribution in [1.29, 1.82) is 0 Å². The normalized spacial score (nSPS) is 15.7. The number of aromatic nitrogens is 1. The average Bonchev–Trinajstić information content (AvgIpc) is 2.70. The summed E-state index contributed by atoms with van der Waals surface area (Å²) in [6, 6.07) is 11.6. The van der Waals surface area contributed by atoms with Crippen molar-refractivity contribution in [1.82, 2.24) is 9.88 Å². The molecule has 3 aromatic rings. The van der Waals surface area contributed by atoms with Gasteiger partial charge in [0.2, 0.25) is 0 Å². The molecule has 2 aromatic carbocycles. The largest absolute Gasteiger partial charge is 0.490 e. The number of hydrogen-bond acceptors (Lipinski definition) is 3. The lowest BCUT2D eigenvalue weighted by molar-refractivity contribution is -0.137. The number of aryl methyl sites for hydroxylation is 1. The van der Waals surface area contributed by atoms with Gasteiger partial charge in [-0.15, -0.1) is 12.4 Å². The molecule has 1 aromatic heterocycles. The first-order valence-corrected chi connectivity index (χ1v) is 9.78. The van der Waals surface area contributed by atoms with Crippen LogP contribution in [0.1, 0.15) is 29.5 Å². The number of nitrogens with zero attached hydrogens (tertiary/aromatic N) is 2. The van der Waals surface area contributed by atoms with E-state index < -0.39 is 11.7 Å². The molecule has 0 aliphatic carbocycles. The molecule has 4 rings (SSSR count). The number of rotatable bonds is 4. The highest BCUT2D eigenvalue weighted by Gasteiger charge is 2.30. The quantitative estimate of drug-likeness (QED) is 0.499. The zero-order chi connectivity index (χ0) is 20.4. The number of ether oxygens (including phenoxy) is 1. The van der Waals surface area contributed by atoms with Gasteiger partial charge >= 0.3 is 6.18 Å².